The van der Waals surface area contributed by atoms with Crippen LogP contribution in [-0.2, 0) is 4.74 Å². The van der Waals surface area contributed by atoms with Gasteiger partial charge >= 0.3 is 0 Å². The fourth-order valence-electron chi connectivity index (χ4n) is 3.66. The molecular weight excluding hydrogens is 412 g/mol. The van der Waals surface area contributed by atoms with Crippen LogP contribution in [0, 0.1) is 0 Å². The maximum atomic E-state index is 12.6. The van der Waals surface area contributed by atoms with Gasteiger partial charge in [-0.1, -0.05) is 12.1 Å². The fraction of sp³-hybridized carbons (Fsp3) is 0.381. The van der Waals surface area contributed by atoms with E-state index in [-0.39, 0.29) is 35.0 Å². The van der Waals surface area contributed by atoms with E-state index in [2.05, 4.69) is 0 Å². The molecule has 1 saturated heterocycles. The third-order valence-electron chi connectivity index (χ3n) is 5.34. The summed E-state index contributed by atoms with van der Waals surface area (Å²) in [4.78, 5) is 12.6. The topological polar surface area (TPSA) is 166 Å². The highest BCUT2D eigenvalue weighted by Crippen LogP contribution is 2.42. The second-order valence-electron chi connectivity index (χ2n) is 7.46. The number of Topliss-reactive ketones (excluding diaryl/α,β-unsaturated/α-hetero) is 1. The summed E-state index contributed by atoms with van der Waals surface area (Å²) in [5.41, 5.74) is 0.632. The number of fused-ring (bicyclic) bond motifs is 1. The quantitative estimate of drug-likeness (QED) is 0.385. The lowest BCUT2D eigenvalue weighted by Crippen LogP contribution is -2.60. The van der Waals surface area contributed by atoms with Crippen LogP contribution < -0.4 is 9.47 Å². The maximum absolute atomic E-state index is 12.6. The van der Waals surface area contributed by atoms with Gasteiger partial charge in [0.2, 0.25) is 6.29 Å². The molecule has 166 valence electrons. The number of carbonyl (C=O) groups is 1. The van der Waals surface area contributed by atoms with Gasteiger partial charge in [-0.15, -0.1) is 0 Å². The number of rotatable bonds is 4. The van der Waals surface area contributed by atoms with Crippen LogP contribution in [0.1, 0.15) is 28.4 Å². The van der Waals surface area contributed by atoms with Gasteiger partial charge in [-0.25, -0.2) is 0 Å². The largest absolute Gasteiger partial charge is 0.508 e. The highest BCUT2D eigenvalue weighted by Gasteiger charge is 2.45. The summed E-state index contributed by atoms with van der Waals surface area (Å²) in [6.07, 6.45) is -8.09. The number of ketones is 1. The normalized spacial score (nSPS) is 30.4. The summed E-state index contributed by atoms with van der Waals surface area (Å²) in [6, 6.07) is 8.64. The van der Waals surface area contributed by atoms with Crippen molar-refractivity contribution in [3.63, 3.8) is 0 Å². The fourth-order valence-corrected chi connectivity index (χ4v) is 3.66. The van der Waals surface area contributed by atoms with Gasteiger partial charge in [-0.3, -0.25) is 4.79 Å². The molecule has 0 radical (unpaired) electrons. The third kappa shape index (κ3) is 4.03. The maximum Gasteiger partial charge on any atom is 0.229 e. The average molecular weight is 434 g/mol. The Morgan fingerprint density at radius 1 is 1.00 bits per heavy atom. The molecule has 2 heterocycles. The van der Waals surface area contributed by atoms with Crippen LogP contribution in [0.25, 0.3) is 0 Å². The molecule has 2 aromatic carbocycles. The number of hydrogen-bond donors (Lipinski definition) is 6. The number of hydrogen-bond acceptors (Lipinski definition) is 10. The number of phenols is 2. The standard InChI is InChI=1S/C21H22O10/c22-8-16-18(26)19(27)20(28)21(31-16)29-11-5-12(24)17-13(25)7-14(30-15(17)6-11)9-1-3-10(23)4-2-9/h1-6,14,16,18-24,26-28H,7-8H2/t14-,16+,18+,19+,20-,21-/m0/s1. The van der Waals surface area contributed by atoms with E-state index in [1.807, 2.05) is 0 Å². The number of aliphatic hydroxyl groups excluding tert-OH is 4. The van der Waals surface area contributed by atoms with E-state index >= 15 is 0 Å². The predicted octanol–water partition coefficient (Wildman–Crippen LogP) is -0.0170. The molecule has 6 N–H and O–H groups in total. The zero-order chi connectivity index (χ0) is 22.3. The first-order valence-corrected chi connectivity index (χ1v) is 9.61. The van der Waals surface area contributed by atoms with Gasteiger partial charge in [0.25, 0.3) is 0 Å². The molecule has 0 spiro atoms. The summed E-state index contributed by atoms with van der Waals surface area (Å²) >= 11 is 0. The van der Waals surface area contributed by atoms with Crippen molar-refractivity contribution in [2.75, 3.05) is 6.61 Å². The van der Waals surface area contributed by atoms with Crippen LogP contribution in [-0.4, -0.2) is 73.7 Å². The zero-order valence-corrected chi connectivity index (χ0v) is 16.2. The molecule has 0 aromatic heterocycles. The smallest absolute Gasteiger partial charge is 0.229 e. The first-order valence-electron chi connectivity index (χ1n) is 9.61. The molecule has 10 heteroatoms. The lowest BCUT2D eigenvalue weighted by atomic mass is 9.95. The number of carbonyl (C=O) groups excluding carboxylic acids is 1. The molecule has 0 unspecified atom stereocenters. The Bertz CT molecular complexity index is 957. The molecule has 0 saturated carbocycles. The summed E-state index contributed by atoms with van der Waals surface area (Å²) in [5, 5.41) is 59.0. The first-order chi connectivity index (χ1) is 14.8. The van der Waals surface area contributed by atoms with E-state index < -0.39 is 49.2 Å². The van der Waals surface area contributed by atoms with Gasteiger partial charge in [0.05, 0.1) is 13.0 Å². The Morgan fingerprint density at radius 2 is 1.71 bits per heavy atom. The van der Waals surface area contributed by atoms with Crippen LogP contribution in [0.4, 0.5) is 0 Å². The van der Waals surface area contributed by atoms with Crippen LogP contribution in [0.3, 0.4) is 0 Å². The van der Waals surface area contributed by atoms with Crippen molar-refractivity contribution < 1.29 is 49.6 Å². The molecule has 4 rings (SSSR count). The Balaban J connectivity index is 1.59. The molecule has 31 heavy (non-hydrogen) atoms. The number of aliphatic hydroxyl groups is 4. The number of benzene rings is 2. The third-order valence-corrected chi connectivity index (χ3v) is 5.34. The Labute approximate surface area is 176 Å². The SMILES string of the molecule is O=C1C[C@@H](c2ccc(O)cc2)Oc2cc(O[C@H]3O[C@H](CO)[C@@H](O)[C@@H](O)[C@@H]3O)cc(O)c21. The number of aromatic hydroxyl groups is 2. The van der Waals surface area contributed by atoms with Gasteiger partial charge in [-0.05, 0) is 17.7 Å². The first kappa shape index (κ1) is 21.3. The minimum absolute atomic E-state index is 0.0156. The van der Waals surface area contributed by atoms with Crippen molar-refractivity contribution >= 4 is 5.78 Å². The highest BCUT2D eigenvalue weighted by molar-refractivity contribution is 6.02. The Morgan fingerprint density at radius 3 is 2.39 bits per heavy atom. The van der Waals surface area contributed by atoms with Crippen molar-refractivity contribution in [2.24, 2.45) is 0 Å². The minimum Gasteiger partial charge on any atom is -0.508 e. The summed E-state index contributed by atoms with van der Waals surface area (Å²) < 4.78 is 16.7. The number of phenolic OH excluding ortho intramolecular Hbond substituents is 2. The molecule has 2 aliphatic rings. The van der Waals surface area contributed by atoms with Gasteiger partial charge in [0, 0.05) is 12.1 Å². The lowest BCUT2D eigenvalue weighted by Gasteiger charge is -2.39. The molecular formula is C21H22O10. The monoisotopic (exact) mass is 434 g/mol. The van der Waals surface area contributed by atoms with Gasteiger partial charge < -0.3 is 44.8 Å². The molecule has 2 aromatic rings. The molecule has 0 aliphatic carbocycles. The van der Waals surface area contributed by atoms with E-state index in [4.69, 9.17) is 14.2 Å². The Hall–Kier alpha value is -2.89. The van der Waals surface area contributed by atoms with Crippen molar-refractivity contribution in [1.82, 2.24) is 0 Å². The van der Waals surface area contributed by atoms with Crippen molar-refractivity contribution in [1.29, 1.82) is 0 Å². The van der Waals surface area contributed by atoms with E-state index in [1.54, 1.807) is 12.1 Å². The van der Waals surface area contributed by atoms with E-state index in [0.717, 1.165) is 6.07 Å². The van der Waals surface area contributed by atoms with Gasteiger partial charge in [0.1, 0.15) is 59.1 Å². The zero-order valence-electron chi connectivity index (χ0n) is 16.2. The number of ether oxygens (including phenoxy) is 3. The van der Waals surface area contributed by atoms with E-state index in [0.29, 0.717) is 5.56 Å². The van der Waals surface area contributed by atoms with Crippen LogP contribution in [0.5, 0.6) is 23.0 Å². The van der Waals surface area contributed by atoms with Crippen LogP contribution in [0.15, 0.2) is 36.4 Å². The minimum atomic E-state index is -1.64. The summed E-state index contributed by atoms with van der Waals surface area (Å²) in [7, 11) is 0. The molecule has 1 fully saturated rings. The molecule has 6 atom stereocenters. The second-order valence-corrected chi connectivity index (χ2v) is 7.46. The molecule has 0 bridgehead atoms. The molecule has 2 aliphatic heterocycles. The Kier molecular flexibility index (Phi) is 5.73. The van der Waals surface area contributed by atoms with Gasteiger partial charge in [-0.2, -0.15) is 0 Å². The lowest BCUT2D eigenvalue weighted by molar-refractivity contribution is -0.277. The predicted molar refractivity (Wildman–Crippen MR) is 103 cm³/mol. The van der Waals surface area contributed by atoms with E-state index in [1.165, 1.54) is 18.2 Å². The van der Waals surface area contributed by atoms with Crippen molar-refractivity contribution in [3.05, 3.63) is 47.5 Å². The van der Waals surface area contributed by atoms with Crippen molar-refractivity contribution in [2.45, 2.75) is 43.2 Å². The highest BCUT2D eigenvalue weighted by atomic mass is 16.7. The summed E-state index contributed by atoms with van der Waals surface area (Å²) in [5.74, 6) is -0.657. The average Bonchev–Trinajstić information content (AvgIpc) is 2.74. The second kappa shape index (κ2) is 8.33. The van der Waals surface area contributed by atoms with Crippen molar-refractivity contribution in [3.8, 4) is 23.0 Å². The molecule has 10 nitrogen and oxygen atoms in total. The van der Waals surface area contributed by atoms with E-state index in [9.17, 15) is 35.4 Å². The summed E-state index contributed by atoms with van der Waals surface area (Å²) in [6.45, 7) is -0.619. The molecule has 0 amide bonds. The van der Waals surface area contributed by atoms with Gasteiger partial charge in [0.15, 0.2) is 5.78 Å². The van der Waals surface area contributed by atoms with Crippen LogP contribution in [0.2, 0.25) is 0 Å². The van der Waals surface area contributed by atoms with Crippen LogP contribution >= 0.6 is 0 Å².